The van der Waals surface area contributed by atoms with Crippen molar-refractivity contribution in [1.29, 1.82) is 0 Å². The van der Waals surface area contributed by atoms with E-state index in [9.17, 15) is 9.59 Å². The number of nitrogens with one attached hydrogen (secondary N) is 1. The van der Waals surface area contributed by atoms with Gasteiger partial charge in [-0.3, -0.25) is 9.59 Å². The molecule has 1 N–H and O–H groups in total. The highest BCUT2D eigenvalue weighted by Crippen LogP contribution is 2.29. The van der Waals surface area contributed by atoms with E-state index in [-0.39, 0.29) is 23.7 Å². The smallest absolute Gasteiger partial charge is 0.278 e. The third kappa shape index (κ3) is 4.97. The Hall–Kier alpha value is -4.25. The Bertz CT molecular complexity index is 1650. The van der Waals surface area contributed by atoms with Crippen LogP contribution in [0.3, 0.4) is 0 Å². The van der Waals surface area contributed by atoms with Crippen molar-refractivity contribution in [3.63, 3.8) is 0 Å². The molecule has 39 heavy (non-hydrogen) atoms. The molecular formula is C28H35N9O2. The molecule has 0 aliphatic carbocycles. The summed E-state index contributed by atoms with van der Waals surface area (Å²) in [5, 5.41) is 8.16. The maximum atomic E-state index is 13.2. The van der Waals surface area contributed by atoms with E-state index in [1.807, 2.05) is 19.9 Å². The molecule has 1 fully saturated rings. The number of anilines is 3. The molecule has 0 unspecified atom stereocenters. The Labute approximate surface area is 227 Å². The molecule has 0 saturated carbocycles. The van der Waals surface area contributed by atoms with Crippen LogP contribution in [0.5, 0.6) is 0 Å². The summed E-state index contributed by atoms with van der Waals surface area (Å²) in [4.78, 5) is 39.4. The van der Waals surface area contributed by atoms with Crippen LogP contribution in [0.2, 0.25) is 0 Å². The van der Waals surface area contributed by atoms with Crippen LogP contribution < -0.4 is 21.3 Å². The first-order chi connectivity index (χ1) is 18.7. The van der Waals surface area contributed by atoms with Gasteiger partial charge in [0, 0.05) is 42.8 Å². The van der Waals surface area contributed by atoms with Crippen LogP contribution in [0.4, 0.5) is 17.3 Å². The lowest BCUT2D eigenvalue weighted by molar-refractivity contribution is 0.315. The van der Waals surface area contributed by atoms with Crippen LogP contribution in [0.25, 0.3) is 16.9 Å². The van der Waals surface area contributed by atoms with Gasteiger partial charge in [0.2, 0.25) is 5.95 Å². The molecule has 1 aliphatic rings. The van der Waals surface area contributed by atoms with Crippen molar-refractivity contribution >= 4 is 28.4 Å². The van der Waals surface area contributed by atoms with Crippen molar-refractivity contribution in [2.24, 2.45) is 0 Å². The Kier molecular flexibility index (Phi) is 7.09. The number of allylic oxidation sites excluding steroid dienone is 1. The van der Waals surface area contributed by atoms with E-state index in [0.29, 0.717) is 28.8 Å². The van der Waals surface area contributed by atoms with Crippen LogP contribution in [0.1, 0.15) is 31.9 Å². The molecule has 4 aromatic rings. The van der Waals surface area contributed by atoms with Gasteiger partial charge in [-0.25, -0.2) is 19.0 Å². The fraction of sp³-hybridized carbons (Fsp3) is 0.393. The molecular weight excluding hydrogens is 494 g/mol. The Morgan fingerprint density at radius 1 is 1.21 bits per heavy atom. The zero-order valence-electron chi connectivity index (χ0n) is 23.1. The number of aryl methyl sites for hydroxylation is 1. The molecule has 4 heterocycles. The first-order valence-corrected chi connectivity index (χ1v) is 13.2. The number of hydrogen-bond donors (Lipinski definition) is 1. The summed E-state index contributed by atoms with van der Waals surface area (Å²) < 4.78 is 4.49. The molecule has 204 valence electrons. The minimum absolute atomic E-state index is 0.147. The molecule has 1 saturated heterocycles. The summed E-state index contributed by atoms with van der Waals surface area (Å²) in [7, 11) is 4.26. The van der Waals surface area contributed by atoms with Gasteiger partial charge in [0.25, 0.3) is 11.1 Å². The van der Waals surface area contributed by atoms with Gasteiger partial charge in [0.05, 0.1) is 12.6 Å². The number of aromatic nitrogens is 6. The molecule has 11 heteroatoms. The fourth-order valence-electron chi connectivity index (χ4n) is 5.11. The summed E-state index contributed by atoms with van der Waals surface area (Å²) in [5.41, 5.74) is 3.15. The van der Waals surface area contributed by atoms with Crippen molar-refractivity contribution in [1.82, 2.24) is 34.0 Å². The zero-order valence-corrected chi connectivity index (χ0v) is 23.1. The number of hydrogen-bond acceptors (Lipinski definition) is 8. The molecule has 0 bridgehead atoms. The van der Waals surface area contributed by atoms with Gasteiger partial charge in [0.15, 0.2) is 11.5 Å². The van der Waals surface area contributed by atoms with E-state index < -0.39 is 0 Å². The quantitative estimate of drug-likeness (QED) is 0.347. The first-order valence-electron chi connectivity index (χ1n) is 13.2. The lowest BCUT2D eigenvalue weighted by Crippen LogP contribution is -2.31. The molecule has 1 atom stereocenters. The molecule has 0 amide bonds. The lowest BCUT2D eigenvalue weighted by Gasteiger charge is -2.23. The highest BCUT2D eigenvalue weighted by atomic mass is 16.1. The molecule has 1 aromatic carbocycles. The number of likely N-dealkylation sites (N-methyl/N-ethyl adjacent to an activating group) is 1. The van der Waals surface area contributed by atoms with Crippen LogP contribution >= 0.6 is 0 Å². The second-order valence-corrected chi connectivity index (χ2v) is 10.5. The van der Waals surface area contributed by atoms with Crippen LogP contribution in [-0.2, 0) is 6.54 Å². The topological polar surface area (TPSA) is 106 Å². The Balaban J connectivity index is 1.51. The SMILES string of the molecule is C=CCn1c(=O)c2cnc(Nc3ccc(N4CC[C@H](N(C)C)C4)c(C)c3)nc2n1-c1ccc(=O)n(C(C)C)n1. The molecule has 11 nitrogen and oxygen atoms in total. The molecule has 0 spiro atoms. The highest BCUT2D eigenvalue weighted by Gasteiger charge is 2.25. The number of benzene rings is 1. The maximum Gasteiger partial charge on any atom is 0.278 e. The second kappa shape index (κ2) is 10.5. The van der Waals surface area contributed by atoms with Gasteiger partial charge in [-0.2, -0.15) is 4.98 Å². The van der Waals surface area contributed by atoms with E-state index in [1.165, 1.54) is 27.3 Å². The summed E-state index contributed by atoms with van der Waals surface area (Å²) in [5.74, 6) is 0.758. The lowest BCUT2D eigenvalue weighted by atomic mass is 10.1. The van der Waals surface area contributed by atoms with Crippen LogP contribution in [-0.4, -0.2) is 67.2 Å². The average molecular weight is 530 g/mol. The van der Waals surface area contributed by atoms with Gasteiger partial charge in [-0.1, -0.05) is 6.08 Å². The predicted molar refractivity (Wildman–Crippen MR) is 155 cm³/mol. The number of rotatable bonds is 8. The van der Waals surface area contributed by atoms with E-state index in [0.717, 1.165) is 30.8 Å². The normalized spacial score (nSPS) is 15.6. The molecule has 5 rings (SSSR count). The molecule has 1 aliphatic heterocycles. The van der Waals surface area contributed by atoms with Crippen LogP contribution in [0.15, 0.2) is 58.8 Å². The van der Waals surface area contributed by atoms with Crippen molar-refractivity contribution < 1.29 is 0 Å². The van der Waals surface area contributed by atoms with Gasteiger partial charge in [0.1, 0.15) is 5.39 Å². The van der Waals surface area contributed by atoms with Crippen molar-refractivity contribution in [2.45, 2.75) is 45.8 Å². The van der Waals surface area contributed by atoms with E-state index in [2.05, 4.69) is 64.9 Å². The zero-order chi connectivity index (χ0) is 27.8. The van der Waals surface area contributed by atoms with E-state index in [1.54, 1.807) is 16.8 Å². The summed E-state index contributed by atoms with van der Waals surface area (Å²) in [6.45, 7) is 11.9. The summed E-state index contributed by atoms with van der Waals surface area (Å²) >= 11 is 0. The van der Waals surface area contributed by atoms with Crippen LogP contribution in [0, 0.1) is 6.92 Å². The average Bonchev–Trinajstić information content (AvgIpc) is 3.48. The van der Waals surface area contributed by atoms with Crippen molar-refractivity contribution in [3.05, 3.63) is 75.5 Å². The van der Waals surface area contributed by atoms with Crippen molar-refractivity contribution in [2.75, 3.05) is 37.4 Å². The Morgan fingerprint density at radius 3 is 2.67 bits per heavy atom. The highest BCUT2D eigenvalue weighted by molar-refractivity contribution is 5.77. The number of fused-ring (bicyclic) bond motifs is 1. The summed E-state index contributed by atoms with van der Waals surface area (Å²) in [6, 6.07) is 9.69. The molecule has 0 radical (unpaired) electrons. The predicted octanol–water partition coefficient (Wildman–Crippen LogP) is 3.10. The van der Waals surface area contributed by atoms with Gasteiger partial charge in [-0.05, 0) is 71.1 Å². The fourth-order valence-corrected chi connectivity index (χ4v) is 5.11. The van der Waals surface area contributed by atoms with Gasteiger partial charge < -0.3 is 15.1 Å². The minimum atomic E-state index is -0.262. The Morgan fingerprint density at radius 2 is 2.00 bits per heavy atom. The standard InChI is InChI=1S/C28H35N9O2/c1-7-13-35-27(39)22-16-29-28(31-26(22)37(35)24-10-11-25(38)36(32-24)18(2)3)30-20-8-9-23(19(4)15-20)34-14-12-21(17-34)33(5)6/h7-11,15-16,18,21H,1,12-14,17H2,2-6H3,(H,29,30,31)/t21-/m0/s1. The maximum absolute atomic E-state index is 13.2. The third-order valence-corrected chi connectivity index (χ3v) is 7.18. The van der Waals surface area contributed by atoms with E-state index in [4.69, 9.17) is 4.98 Å². The van der Waals surface area contributed by atoms with E-state index >= 15 is 0 Å². The number of nitrogens with zero attached hydrogens (tertiary/aromatic N) is 8. The van der Waals surface area contributed by atoms with Crippen molar-refractivity contribution in [3.8, 4) is 5.82 Å². The molecule has 3 aromatic heterocycles. The first kappa shape index (κ1) is 26.4. The largest absolute Gasteiger partial charge is 0.370 e. The minimum Gasteiger partial charge on any atom is -0.370 e. The third-order valence-electron chi connectivity index (χ3n) is 7.18. The monoisotopic (exact) mass is 529 g/mol. The van der Waals surface area contributed by atoms with Gasteiger partial charge in [-0.15, -0.1) is 11.7 Å². The summed E-state index contributed by atoms with van der Waals surface area (Å²) in [6.07, 6.45) is 4.30. The van der Waals surface area contributed by atoms with Gasteiger partial charge >= 0.3 is 0 Å². The second-order valence-electron chi connectivity index (χ2n) is 10.5.